The molecule has 3 heterocycles. The summed E-state index contributed by atoms with van der Waals surface area (Å²) in [7, 11) is 0. The molecule has 0 aliphatic carbocycles. The average Bonchev–Trinajstić information content (AvgIpc) is 3.29. The second-order valence-corrected chi connectivity index (χ2v) is 7.21. The molecule has 1 aliphatic heterocycles. The van der Waals surface area contributed by atoms with E-state index in [9.17, 15) is 4.79 Å². The number of aromatic nitrogens is 5. The van der Waals surface area contributed by atoms with E-state index in [4.69, 9.17) is 4.52 Å². The molecular weight excluding hydrogens is 344 g/mol. The highest BCUT2D eigenvalue weighted by Crippen LogP contribution is 2.23. The summed E-state index contributed by atoms with van der Waals surface area (Å²) in [4.78, 5) is 17.5. The first kappa shape index (κ1) is 17.7. The van der Waals surface area contributed by atoms with Crippen molar-refractivity contribution in [1.82, 2.24) is 29.8 Å². The third-order valence-electron chi connectivity index (χ3n) is 4.83. The Morgan fingerprint density at radius 3 is 2.78 bits per heavy atom. The van der Waals surface area contributed by atoms with Gasteiger partial charge in [-0.3, -0.25) is 0 Å². The Hall–Kier alpha value is -2.74. The molecule has 1 fully saturated rings. The number of rotatable bonds is 5. The van der Waals surface area contributed by atoms with E-state index in [0.717, 1.165) is 37.4 Å². The molecule has 0 amide bonds. The molecule has 1 N–H and O–H groups in total. The zero-order chi connectivity index (χ0) is 18.8. The fourth-order valence-electron chi connectivity index (χ4n) is 3.38. The zero-order valence-electron chi connectivity index (χ0n) is 15.6. The lowest BCUT2D eigenvalue weighted by Gasteiger charge is -2.22. The van der Waals surface area contributed by atoms with Crippen molar-refractivity contribution in [2.75, 3.05) is 13.1 Å². The normalized spacial score (nSPS) is 17.5. The minimum absolute atomic E-state index is 0.171. The SMILES string of the molecule is CC(C)c1noc(Cn2nc(C3CCCNC3)n(-c3ccccc3)c2=O)n1. The van der Waals surface area contributed by atoms with Crippen LogP contribution in [0.25, 0.3) is 5.69 Å². The van der Waals surface area contributed by atoms with Gasteiger partial charge in [0.1, 0.15) is 12.4 Å². The molecule has 8 nitrogen and oxygen atoms in total. The fraction of sp³-hybridized carbons (Fsp3) is 0.474. The summed E-state index contributed by atoms with van der Waals surface area (Å²) in [5, 5.41) is 12.0. The predicted octanol–water partition coefficient (Wildman–Crippen LogP) is 2.06. The molecule has 8 heteroatoms. The van der Waals surface area contributed by atoms with E-state index < -0.39 is 0 Å². The Labute approximate surface area is 157 Å². The van der Waals surface area contributed by atoms with Gasteiger partial charge >= 0.3 is 5.69 Å². The summed E-state index contributed by atoms with van der Waals surface area (Å²) < 4.78 is 8.43. The van der Waals surface area contributed by atoms with Crippen LogP contribution in [0, 0.1) is 0 Å². The van der Waals surface area contributed by atoms with Crippen LogP contribution in [-0.2, 0) is 6.54 Å². The van der Waals surface area contributed by atoms with Crippen LogP contribution in [0.4, 0.5) is 0 Å². The van der Waals surface area contributed by atoms with Crippen molar-refractivity contribution in [3.8, 4) is 5.69 Å². The van der Waals surface area contributed by atoms with Gasteiger partial charge in [0.15, 0.2) is 5.82 Å². The lowest BCUT2D eigenvalue weighted by Crippen LogP contribution is -2.31. The molecule has 0 radical (unpaired) electrons. The van der Waals surface area contributed by atoms with Crippen molar-refractivity contribution in [3.05, 3.63) is 58.4 Å². The molecule has 1 unspecified atom stereocenters. The maximum Gasteiger partial charge on any atom is 0.351 e. The number of piperidine rings is 1. The third-order valence-corrected chi connectivity index (χ3v) is 4.83. The minimum Gasteiger partial charge on any atom is -0.337 e. The molecule has 27 heavy (non-hydrogen) atoms. The van der Waals surface area contributed by atoms with Gasteiger partial charge in [-0.2, -0.15) is 10.1 Å². The predicted molar refractivity (Wildman–Crippen MR) is 100 cm³/mol. The number of hydrogen-bond acceptors (Lipinski definition) is 6. The summed E-state index contributed by atoms with van der Waals surface area (Å²) in [6.45, 7) is 6.00. The molecule has 4 rings (SSSR count). The summed E-state index contributed by atoms with van der Waals surface area (Å²) in [6.07, 6.45) is 2.08. The number of para-hydroxylation sites is 1. The highest BCUT2D eigenvalue weighted by Gasteiger charge is 2.25. The molecule has 142 valence electrons. The molecule has 0 spiro atoms. The zero-order valence-corrected chi connectivity index (χ0v) is 15.6. The second-order valence-electron chi connectivity index (χ2n) is 7.21. The van der Waals surface area contributed by atoms with E-state index in [1.54, 1.807) is 4.57 Å². The van der Waals surface area contributed by atoms with Gasteiger partial charge in [-0.25, -0.2) is 14.0 Å². The first-order valence-corrected chi connectivity index (χ1v) is 9.42. The fourth-order valence-corrected chi connectivity index (χ4v) is 3.38. The molecule has 2 aromatic heterocycles. The van der Waals surface area contributed by atoms with E-state index in [0.29, 0.717) is 11.7 Å². The molecular formula is C19H24N6O2. The number of nitrogens with zero attached hydrogens (tertiary/aromatic N) is 5. The van der Waals surface area contributed by atoms with E-state index in [2.05, 4.69) is 20.6 Å². The van der Waals surface area contributed by atoms with Crippen molar-refractivity contribution >= 4 is 0 Å². The lowest BCUT2D eigenvalue weighted by molar-refractivity contribution is 0.357. The highest BCUT2D eigenvalue weighted by atomic mass is 16.5. The first-order valence-electron chi connectivity index (χ1n) is 9.42. The van der Waals surface area contributed by atoms with E-state index in [1.807, 2.05) is 44.2 Å². The van der Waals surface area contributed by atoms with Crippen molar-refractivity contribution in [2.45, 2.75) is 45.1 Å². The quantitative estimate of drug-likeness (QED) is 0.741. The summed E-state index contributed by atoms with van der Waals surface area (Å²) in [6, 6.07) is 9.64. The maximum atomic E-state index is 13.1. The molecule has 1 atom stereocenters. The Balaban J connectivity index is 1.73. The number of hydrogen-bond donors (Lipinski definition) is 1. The van der Waals surface area contributed by atoms with Crippen LogP contribution in [0.3, 0.4) is 0 Å². The van der Waals surface area contributed by atoms with Crippen molar-refractivity contribution in [3.63, 3.8) is 0 Å². The maximum absolute atomic E-state index is 13.1. The topological polar surface area (TPSA) is 90.8 Å². The van der Waals surface area contributed by atoms with Gasteiger partial charge in [0.05, 0.1) is 5.69 Å². The van der Waals surface area contributed by atoms with Gasteiger partial charge in [-0.05, 0) is 31.5 Å². The summed E-state index contributed by atoms with van der Waals surface area (Å²) in [5.74, 6) is 2.18. The average molecular weight is 368 g/mol. The molecule has 1 aromatic carbocycles. The van der Waals surface area contributed by atoms with Crippen LogP contribution in [0.2, 0.25) is 0 Å². The molecule has 1 saturated heterocycles. The summed E-state index contributed by atoms with van der Waals surface area (Å²) >= 11 is 0. The number of benzene rings is 1. The summed E-state index contributed by atoms with van der Waals surface area (Å²) in [5.41, 5.74) is 0.633. The first-order chi connectivity index (χ1) is 13.1. The minimum atomic E-state index is -0.189. The standard InChI is InChI=1S/C19H24N6O2/c1-13(2)17-21-16(27-23-17)12-24-19(26)25(15-8-4-3-5-9-15)18(22-24)14-7-6-10-20-11-14/h3-5,8-9,13-14,20H,6-7,10-12H2,1-2H3. The van der Waals surface area contributed by atoms with Crippen molar-refractivity contribution < 1.29 is 4.52 Å². The molecule has 3 aromatic rings. The third kappa shape index (κ3) is 3.57. The molecule has 0 saturated carbocycles. The van der Waals surface area contributed by atoms with Gasteiger partial charge in [-0.1, -0.05) is 37.2 Å². The van der Waals surface area contributed by atoms with Crippen molar-refractivity contribution in [1.29, 1.82) is 0 Å². The van der Waals surface area contributed by atoms with Crippen LogP contribution in [0.15, 0.2) is 39.6 Å². The van der Waals surface area contributed by atoms with Crippen molar-refractivity contribution in [2.24, 2.45) is 0 Å². The van der Waals surface area contributed by atoms with Crippen LogP contribution < -0.4 is 11.0 Å². The molecule has 1 aliphatic rings. The van der Waals surface area contributed by atoms with Crippen LogP contribution in [-0.4, -0.2) is 37.6 Å². The smallest absolute Gasteiger partial charge is 0.337 e. The Kier molecular flexibility index (Phi) is 4.89. The van der Waals surface area contributed by atoms with Gasteiger partial charge in [0, 0.05) is 18.4 Å². The van der Waals surface area contributed by atoms with Crippen LogP contribution in [0.5, 0.6) is 0 Å². The molecule has 0 bridgehead atoms. The van der Waals surface area contributed by atoms with Gasteiger partial charge in [-0.15, -0.1) is 0 Å². The van der Waals surface area contributed by atoms with E-state index >= 15 is 0 Å². The van der Waals surface area contributed by atoms with Crippen LogP contribution in [0.1, 0.15) is 56.1 Å². The monoisotopic (exact) mass is 368 g/mol. The lowest BCUT2D eigenvalue weighted by atomic mass is 9.99. The van der Waals surface area contributed by atoms with Gasteiger partial charge in [0.2, 0.25) is 5.89 Å². The number of nitrogens with one attached hydrogen (secondary N) is 1. The van der Waals surface area contributed by atoms with E-state index in [-0.39, 0.29) is 24.1 Å². The second kappa shape index (κ2) is 7.48. The largest absolute Gasteiger partial charge is 0.351 e. The van der Waals surface area contributed by atoms with Gasteiger partial charge < -0.3 is 9.84 Å². The Bertz CT molecular complexity index is 950. The van der Waals surface area contributed by atoms with Gasteiger partial charge in [0.25, 0.3) is 0 Å². The Morgan fingerprint density at radius 2 is 2.11 bits per heavy atom. The van der Waals surface area contributed by atoms with Crippen LogP contribution >= 0.6 is 0 Å². The van der Waals surface area contributed by atoms with E-state index in [1.165, 1.54) is 4.68 Å². The Morgan fingerprint density at radius 1 is 1.30 bits per heavy atom. The highest BCUT2D eigenvalue weighted by molar-refractivity contribution is 5.33.